The van der Waals surface area contributed by atoms with Crippen LogP contribution >= 0.6 is 0 Å². The van der Waals surface area contributed by atoms with Gasteiger partial charge in [-0.25, -0.2) is 4.39 Å². The van der Waals surface area contributed by atoms with Crippen molar-refractivity contribution in [1.29, 1.82) is 0 Å². The molecule has 184 valence electrons. The second-order valence-electron chi connectivity index (χ2n) is 7.84. The molecule has 0 unspecified atom stereocenters. The molecule has 7 nitrogen and oxygen atoms in total. The number of ether oxygens (including phenoxy) is 2. The molecule has 1 aromatic heterocycles. The van der Waals surface area contributed by atoms with Gasteiger partial charge in [-0.15, -0.1) is 0 Å². The summed E-state index contributed by atoms with van der Waals surface area (Å²) in [5.41, 5.74) is 1.44. The van der Waals surface area contributed by atoms with E-state index in [9.17, 15) is 14.0 Å². The van der Waals surface area contributed by atoms with Crippen LogP contribution in [0.2, 0.25) is 0 Å². The molecule has 0 saturated heterocycles. The predicted molar refractivity (Wildman–Crippen MR) is 132 cm³/mol. The number of carbonyl (C=O) groups excluding carboxylic acids is 2. The number of hydrogen-bond acceptors (Lipinski definition) is 5. The Balaban J connectivity index is 1.77. The first-order valence-corrected chi connectivity index (χ1v) is 11.2. The minimum atomic E-state index is -1.17. The fourth-order valence-corrected chi connectivity index (χ4v) is 3.80. The summed E-state index contributed by atoms with van der Waals surface area (Å²) in [6, 6.07) is 21.5. The molecule has 0 spiro atoms. The molecule has 0 aliphatic heterocycles. The summed E-state index contributed by atoms with van der Waals surface area (Å²) < 4.78 is 30.0. The second-order valence-corrected chi connectivity index (χ2v) is 7.84. The molecule has 1 heterocycles. The van der Waals surface area contributed by atoms with E-state index in [0.29, 0.717) is 17.2 Å². The number of furan rings is 1. The first-order valence-electron chi connectivity index (χ1n) is 11.2. The minimum absolute atomic E-state index is 0.240. The summed E-state index contributed by atoms with van der Waals surface area (Å²) >= 11 is 0. The molecule has 0 saturated carbocycles. The van der Waals surface area contributed by atoms with Crippen molar-refractivity contribution in [2.75, 3.05) is 19.1 Å². The Morgan fingerprint density at radius 2 is 1.64 bits per heavy atom. The number of methoxy groups -OCH3 is 2. The number of halogens is 1. The Morgan fingerprint density at radius 1 is 0.917 bits per heavy atom. The number of amides is 2. The molecule has 4 aromatic rings. The lowest BCUT2D eigenvalue weighted by Crippen LogP contribution is -2.43. The van der Waals surface area contributed by atoms with E-state index in [-0.39, 0.29) is 17.9 Å². The van der Waals surface area contributed by atoms with Crippen LogP contribution in [0.5, 0.6) is 11.5 Å². The molecule has 0 aliphatic rings. The monoisotopic (exact) mass is 488 g/mol. The molecule has 2 amide bonds. The Bertz CT molecular complexity index is 1310. The topological polar surface area (TPSA) is 81.0 Å². The Kier molecular flexibility index (Phi) is 7.65. The number of rotatable bonds is 9. The highest BCUT2D eigenvalue weighted by atomic mass is 19.1. The highest BCUT2D eigenvalue weighted by molar-refractivity contribution is 6.10. The third-order valence-corrected chi connectivity index (χ3v) is 5.58. The van der Waals surface area contributed by atoms with E-state index in [4.69, 9.17) is 13.9 Å². The van der Waals surface area contributed by atoms with Gasteiger partial charge in [0.2, 0.25) is 0 Å². The van der Waals surface area contributed by atoms with Gasteiger partial charge in [-0.05, 0) is 60.2 Å². The van der Waals surface area contributed by atoms with E-state index in [1.54, 1.807) is 24.3 Å². The number of hydrogen-bond donors (Lipinski definition) is 1. The van der Waals surface area contributed by atoms with Crippen molar-refractivity contribution < 1.29 is 27.9 Å². The van der Waals surface area contributed by atoms with Gasteiger partial charge < -0.3 is 19.2 Å². The van der Waals surface area contributed by atoms with Crippen molar-refractivity contribution in [3.63, 3.8) is 0 Å². The van der Waals surface area contributed by atoms with Crippen LogP contribution in [0.25, 0.3) is 0 Å². The van der Waals surface area contributed by atoms with Crippen LogP contribution in [0.3, 0.4) is 0 Å². The minimum Gasteiger partial charge on any atom is -0.493 e. The largest absolute Gasteiger partial charge is 0.493 e. The van der Waals surface area contributed by atoms with Crippen LogP contribution in [0.15, 0.2) is 95.6 Å². The Morgan fingerprint density at radius 3 is 2.28 bits per heavy atom. The average Bonchev–Trinajstić information content (AvgIpc) is 3.45. The predicted octanol–water partition coefficient (Wildman–Crippen LogP) is 5.14. The van der Waals surface area contributed by atoms with Crippen molar-refractivity contribution in [3.8, 4) is 11.5 Å². The molecule has 0 radical (unpaired) electrons. The standard InChI is InChI=1S/C28H25FN2O5/c1-34-23-15-10-20(17-25(23)35-2)28(33)31(22-13-11-21(29)12-14-22)26(24-9-6-16-36-24)27(32)30-18-19-7-4-3-5-8-19/h3-17,26H,18H2,1-2H3,(H,30,32)/t26-/m0/s1. The molecule has 36 heavy (non-hydrogen) atoms. The fourth-order valence-electron chi connectivity index (χ4n) is 3.80. The van der Waals surface area contributed by atoms with Crippen LogP contribution in [0, 0.1) is 5.82 Å². The lowest BCUT2D eigenvalue weighted by molar-refractivity contribution is -0.123. The first-order chi connectivity index (χ1) is 17.5. The lowest BCUT2D eigenvalue weighted by Gasteiger charge is -2.30. The van der Waals surface area contributed by atoms with Crippen molar-refractivity contribution >= 4 is 17.5 Å². The van der Waals surface area contributed by atoms with E-state index in [0.717, 1.165) is 5.56 Å². The smallest absolute Gasteiger partial charge is 0.259 e. The van der Waals surface area contributed by atoms with Gasteiger partial charge in [-0.2, -0.15) is 0 Å². The van der Waals surface area contributed by atoms with E-state index >= 15 is 0 Å². The van der Waals surface area contributed by atoms with Gasteiger partial charge in [0, 0.05) is 17.8 Å². The zero-order valence-corrected chi connectivity index (χ0v) is 19.8. The van der Waals surface area contributed by atoms with Crippen molar-refractivity contribution in [2.24, 2.45) is 0 Å². The number of anilines is 1. The van der Waals surface area contributed by atoms with Gasteiger partial charge in [0.25, 0.3) is 11.8 Å². The van der Waals surface area contributed by atoms with Gasteiger partial charge in [-0.1, -0.05) is 30.3 Å². The summed E-state index contributed by atoms with van der Waals surface area (Å²) in [6.45, 7) is 0.249. The summed E-state index contributed by atoms with van der Waals surface area (Å²) in [5.74, 6) is -0.402. The highest BCUT2D eigenvalue weighted by Crippen LogP contribution is 2.33. The van der Waals surface area contributed by atoms with Crippen molar-refractivity contribution in [1.82, 2.24) is 5.32 Å². The normalized spacial score (nSPS) is 11.4. The van der Waals surface area contributed by atoms with Gasteiger partial charge in [0.05, 0.1) is 20.5 Å². The zero-order valence-electron chi connectivity index (χ0n) is 19.8. The third kappa shape index (κ3) is 5.38. The first kappa shape index (κ1) is 24.5. The van der Waals surface area contributed by atoms with Gasteiger partial charge in [0.15, 0.2) is 17.5 Å². The van der Waals surface area contributed by atoms with Crippen molar-refractivity contribution in [2.45, 2.75) is 12.6 Å². The molecule has 0 aliphatic carbocycles. The van der Waals surface area contributed by atoms with E-state index in [1.807, 2.05) is 30.3 Å². The molecular weight excluding hydrogens is 463 g/mol. The fraction of sp³-hybridized carbons (Fsp3) is 0.143. The van der Waals surface area contributed by atoms with Crippen LogP contribution < -0.4 is 19.7 Å². The average molecular weight is 489 g/mol. The molecular formula is C28H25FN2O5. The zero-order chi connectivity index (χ0) is 25.5. The van der Waals surface area contributed by atoms with E-state index in [1.165, 1.54) is 55.7 Å². The van der Waals surface area contributed by atoms with E-state index in [2.05, 4.69) is 5.32 Å². The molecule has 0 bridgehead atoms. The number of benzene rings is 3. The summed E-state index contributed by atoms with van der Waals surface area (Å²) in [5, 5.41) is 2.88. The number of carbonyl (C=O) groups is 2. The maximum Gasteiger partial charge on any atom is 0.259 e. The van der Waals surface area contributed by atoms with Gasteiger partial charge in [0.1, 0.15) is 11.6 Å². The van der Waals surface area contributed by atoms with E-state index < -0.39 is 23.7 Å². The SMILES string of the molecule is COc1ccc(C(=O)N(c2ccc(F)cc2)[C@H](C(=O)NCc2ccccc2)c2ccco2)cc1OC. The molecule has 4 rings (SSSR count). The molecule has 0 fully saturated rings. The highest BCUT2D eigenvalue weighted by Gasteiger charge is 2.35. The van der Waals surface area contributed by atoms with Crippen molar-refractivity contribution in [3.05, 3.63) is 114 Å². The second kappa shape index (κ2) is 11.2. The Labute approximate surface area is 208 Å². The van der Waals surface area contributed by atoms with Gasteiger partial charge >= 0.3 is 0 Å². The van der Waals surface area contributed by atoms with Gasteiger partial charge in [-0.3, -0.25) is 14.5 Å². The molecule has 1 N–H and O–H groups in total. The molecule has 8 heteroatoms. The Hall–Kier alpha value is -4.59. The summed E-state index contributed by atoms with van der Waals surface area (Å²) in [4.78, 5) is 28.8. The molecule has 3 aromatic carbocycles. The number of nitrogens with one attached hydrogen (secondary N) is 1. The van der Waals surface area contributed by atoms with Crippen LogP contribution in [0.4, 0.5) is 10.1 Å². The maximum atomic E-state index is 13.9. The quantitative estimate of drug-likeness (QED) is 0.353. The summed E-state index contributed by atoms with van der Waals surface area (Å²) in [7, 11) is 2.96. The van der Waals surface area contributed by atoms with Crippen LogP contribution in [-0.2, 0) is 11.3 Å². The summed E-state index contributed by atoms with van der Waals surface area (Å²) in [6.07, 6.45) is 1.43. The third-order valence-electron chi connectivity index (χ3n) is 5.58. The van der Waals surface area contributed by atoms with Crippen LogP contribution in [-0.4, -0.2) is 26.0 Å². The maximum absolute atomic E-state index is 13.9. The van der Waals surface area contributed by atoms with Crippen LogP contribution in [0.1, 0.15) is 27.7 Å². The lowest BCUT2D eigenvalue weighted by atomic mass is 10.1. The molecule has 1 atom stereocenters. The number of nitrogens with zero attached hydrogens (tertiary/aromatic N) is 1.